The zero-order valence-electron chi connectivity index (χ0n) is 16.9. The number of benzene rings is 2. The number of anilines is 1. The summed E-state index contributed by atoms with van der Waals surface area (Å²) in [6, 6.07) is 17.3. The summed E-state index contributed by atoms with van der Waals surface area (Å²) in [4.78, 5) is 35.7. The number of hydrazone groups is 1. The quantitative estimate of drug-likeness (QED) is 0.382. The van der Waals surface area contributed by atoms with E-state index >= 15 is 0 Å². The van der Waals surface area contributed by atoms with E-state index in [2.05, 4.69) is 21.2 Å². The Morgan fingerprint density at radius 2 is 1.59 bits per heavy atom. The van der Waals surface area contributed by atoms with Gasteiger partial charge in [0.25, 0.3) is 0 Å². The molecule has 0 saturated heterocycles. The van der Waals surface area contributed by atoms with E-state index in [0.29, 0.717) is 17.9 Å². The Labute approximate surface area is 170 Å². The molecule has 0 atom stereocenters. The predicted molar refractivity (Wildman–Crippen MR) is 114 cm³/mol. The Bertz CT molecular complexity index is 892. The molecule has 0 fully saturated rings. The molecule has 7 heteroatoms. The lowest BCUT2D eigenvalue weighted by Gasteiger charge is -2.11. The van der Waals surface area contributed by atoms with Crippen molar-refractivity contribution in [1.29, 1.82) is 0 Å². The average molecular weight is 394 g/mol. The molecule has 2 aromatic rings. The highest BCUT2D eigenvalue weighted by Crippen LogP contribution is 2.27. The monoisotopic (exact) mass is 394 g/mol. The first-order valence-corrected chi connectivity index (χ1v) is 9.42. The molecule has 3 amide bonds. The molecule has 2 aromatic carbocycles. The van der Waals surface area contributed by atoms with Gasteiger partial charge in [0, 0.05) is 23.5 Å². The van der Waals surface area contributed by atoms with Crippen LogP contribution >= 0.6 is 0 Å². The topological polar surface area (TPSA) is 99.7 Å². The number of carbonyl (C=O) groups excluding carboxylic acids is 3. The Balaban J connectivity index is 1.93. The summed E-state index contributed by atoms with van der Waals surface area (Å²) in [6.45, 7) is 5.86. The first kappa shape index (κ1) is 21.8. The van der Waals surface area contributed by atoms with Crippen LogP contribution in [0.15, 0.2) is 59.7 Å². The molecule has 0 aliphatic heterocycles. The van der Waals surface area contributed by atoms with Gasteiger partial charge < -0.3 is 10.6 Å². The summed E-state index contributed by atoms with van der Waals surface area (Å²) >= 11 is 0. The van der Waals surface area contributed by atoms with E-state index in [-0.39, 0.29) is 18.2 Å². The third kappa shape index (κ3) is 7.21. The molecule has 0 aromatic heterocycles. The second-order valence-corrected chi connectivity index (χ2v) is 7.03. The van der Waals surface area contributed by atoms with Crippen LogP contribution in [0.2, 0.25) is 0 Å². The van der Waals surface area contributed by atoms with Crippen molar-refractivity contribution in [2.75, 3.05) is 11.9 Å². The van der Waals surface area contributed by atoms with Gasteiger partial charge >= 0.3 is 11.8 Å². The summed E-state index contributed by atoms with van der Waals surface area (Å²) < 4.78 is 0. The third-order valence-electron chi connectivity index (χ3n) is 3.93. The lowest BCUT2D eigenvalue weighted by Crippen LogP contribution is -2.39. The van der Waals surface area contributed by atoms with Gasteiger partial charge in [-0.1, -0.05) is 62.4 Å². The van der Waals surface area contributed by atoms with Crippen molar-refractivity contribution in [3.05, 3.63) is 54.6 Å². The van der Waals surface area contributed by atoms with E-state index < -0.39 is 11.8 Å². The first-order chi connectivity index (χ1) is 13.9. The van der Waals surface area contributed by atoms with Gasteiger partial charge in [-0.25, -0.2) is 5.43 Å². The van der Waals surface area contributed by atoms with Crippen LogP contribution in [0.5, 0.6) is 0 Å². The fourth-order valence-electron chi connectivity index (χ4n) is 2.50. The van der Waals surface area contributed by atoms with Crippen molar-refractivity contribution in [3.8, 4) is 11.1 Å². The number of carbonyl (C=O) groups is 3. The standard InChI is InChI=1S/C22H26N4O3/c1-15(2)14-23-21(28)22(29)26-25-16(3)13-20(27)24-19-12-8-7-11-18(19)17-9-5-4-6-10-17/h4-12,15H,13-14H2,1-3H3,(H,23,28)(H,24,27)(H,26,29)/b25-16+. The van der Waals surface area contributed by atoms with Crippen LogP contribution in [-0.2, 0) is 14.4 Å². The molecule has 0 radical (unpaired) electrons. The van der Waals surface area contributed by atoms with E-state index in [1.807, 2.05) is 68.4 Å². The second-order valence-electron chi connectivity index (χ2n) is 7.03. The molecule has 7 nitrogen and oxygen atoms in total. The van der Waals surface area contributed by atoms with Crippen LogP contribution in [0.4, 0.5) is 5.69 Å². The molecule has 0 aliphatic carbocycles. The van der Waals surface area contributed by atoms with E-state index in [0.717, 1.165) is 11.1 Å². The Kier molecular flexibility index (Phi) is 8.09. The molecule has 29 heavy (non-hydrogen) atoms. The minimum Gasteiger partial charge on any atom is -0.348 e. The van der Waals surface area contributed by atoms with Gasteiger partial charge in [0.1, 0.15) is 0 Å². The molecule has 0 unspecified atom stereocenters. The summed E-state index contributed by atoms with van der Waals surface area (Å²) in [7, 11) is 0. The van der Waals surface area contributed by atoms with Gasteiger partial charge in [-0.2, -0.15) is 5.10 Å². The van der Waals surface area contributed by atoms with Crippen molar-refractivity contribution < 1.29 is 14.4 Å². The van der Waals surface area contributed by atoms with Crippen LogP contribution in [0.1, 0.15) is 27.2 Å². The molecule has 0 spiro atoms. The minimum atomic E-state index is -0.861. The highest BCUT2D eigenvalue weighted by molar-refractivity contribution is 6.35. The van der Waals surface area contributed by atoms with Crippen LogP contribution in [0.25, 0.3) is 11.1 Å². The van der Waals surface area contributed by atoms with E-state index in [4.69, 9.17) is 0 Å². The van der Waals surface area contributed by atoms with Gasteiger partial charge in [-0.15, -0.1) is 0 Å². The predicted octanol–water partition coefficient (Wildman–Crippen LogP) is 2.95. The van der Waals surface area contributed by atoms with Gasteiger partial charge in [0.2, 0.25) is 5.91 Å². The van der Waals surface area contributed by atoms with Crippen LogP contribution < -0.4 is 16.1 Å². The van der Waals surface area contributed by atoms with Crippen LogP contribution in [0.3, 0.4) is 0 Å². The summed E-state index contributed by atoms with van der Waals surface area (Å²) in [5.74, 6) is -1.65. The van der Waals surface area contributed by atoms with Gasteiger partial charge in [0.15, 0.2) is 0 Å². The zero-order valence-corrected chi connectivity index (χ0v) is 16.9. The fourth-order valence-corrected chi connectivity index (χ4v) is 2.50. The fraction of sp³-hybridized carbons (Fsp3) is 0.273. The van der Waals surface area contributed by atoms with Crippen molar-refractivity contribution >= 4 is 29.1 Å². The van der Waals surface area contributed by atoms with Crippen molar-refractivity contribution in [2.24, 2.45) is 11.0 Å². The molecule has 0 bridgehead atoms. The molecule has 2 rings (SSSR count). The summed E-state index contributed by atoms with van der Waals surface area (Å²) in [5.41, 5.74) is 5.14. The summed E-state index contributed by atoms with van der Waals surface area (Å²) in [6.07, 6.45) is -0.0168. The molecular weight excluding hydrogens is 368 g/mol. The Morgan fingerprint density at radius 1 is 0.931 bits per heavy atom. The van der Waals surface area contributed by atoms with Gasteiger partial charge in [0.05, 0.1) is 6.42 Å². The van der Waals surface area contributed by atoms with Crippen LogP contribution in [0, 0.1) is 5.92 Å². The molecule has 0 aliphatic rings. The van der Waals surface area contributed by atoms with Gasteiger partial charge in [-0.3, -0.25) is 14.4 Å². The smallest absolute Gasteiger partial charge is 0.329 e. The number of hydrogen-bond acceptors (Lipinski definition) is 4. The zero-order chi connectivity index (χ0) is 21.2. The van der Waals surface area contributed by atoms with Gasteiger partial charge in [-0.05, 0) is 24.5 Å². The largest absolute Gasteiger partial charge is 0.348 e. The Morgan fingerprint density at radius 3 is 2.28 bits per heavy atom. The number of hydrogen-bond donors (Lipinski definition) is 3. The number of nitrogens with zero attached hydrogens (tertiary/aromatic N) is 1. The van der Waals surface area contributed by atoms with E-state index in [9.17, 15) is 14.4 Å². The maximum atomic E-state index is 12.4. The number of para-hydroxylation sites is 1. The highest BCUT2D eigenvalue weighted by Gasteiger charge is 2.13. The van der Waals surface area contributed by atoms with E-state index in [1.165, 1.54) is 0 Å². The second kappa shape index (κ2) is 10.8. The first-order valence-electron chi connectivity index (χ1n) is 9.42. The van der Waals surface area contributed by atoms with Crippen molar-refractivity contribution in [2.45, 2.75) is 27.2 Å². The molecule has 3 N–H and O–H groups in total. The average Bonchev–Trinajstić information content (AvgIpc) is 2.71. The number of nitrogens with one attached hydrogen (secondary N) is 3. The minimum absolute atomic E-state index is 0.0168. The van der Waals surface area contributed by atoms with Crippen molar-refractivity contribution in [3.63, 3.8) is 0 Å². The van der Waals surface area contributed by atoms with Crippen LogP contribution in [-0.4, -0.2) is 30.0 Å². The third-order valence-corrected chi connectivity index (χ3v) is 3.93. The van der Waals surface area contributed by atoms with E-state index in [1.54, 1.807) is 6.92 Å². The molecule has 152 valence electrons. The molecule has 0 saturated carbocycles. The van der Waals surface area contributed by atoms with Crippen molar-refractivity contribution in [1.82, 2.24) is 10.7 Å². The summed E-state index contributed by atoms with van der Waals surface area (Å²) in [5, 5.41) is 9.20. The maximum absolute atomic E-state index is 12.4. The number of rotatable bonds is 7. The SMILES string of the molecule is C/C(CC(=O)Nc1ccccc1-c1ccccc1)=N\NC(=O)C(=O)NCC(C)C. The molecule has 0 heterocycles. The highest BCUT2D eigenvalue weighted by atomic mass is 16.2. The lowest BCUT2D eigenvalue weighted by atomic mass is 10.0. The maximum Gasteiger partial charge on any atom is 0.329 e. The molecular formula is C22H26N4O3. The Hall–Kier alpha value is -3.48. The normalized spacial score (nSPS) is 11.1. The lowest BCUT2D eigenvalue weighted by molar-refractivity contribution is -0.139. The number of amides is 3.